The van der Waals surface area contributed by atoms with Gasteiger partial charge in [0.05, 0.1) is 11.7 Å². The molecule has 0 aliphatic carbocycles. The average molecular weight is 480 g/mol. The lowest BCUT2D eigenvalue weighted by Crippen LogP contribution is -2.26. The normalized spacial score (nSPS) is 14.0. The zero-order chi connectivity index (χ0) is 23.0. The third kappa shape index (κ3) is 6.27. The van der Waals surface area contributed by atoms with Gasteiger partial charge in [-0.25, -0.2) is 0 Å². The fraction of sp³-hybridized carbons (Fsp3) is 0.296. The molecule has 6 heteroatoms. The van der Waals surface area contributed by atoms with Crippen LogP contribution in [0.4, 0.5) is 0 Å². The average Bonchev–Trinajstić information content (AvgIpc) is 2.88. The summed E-state index contributed by atoms with van der Waals surface area (Å²) in [6.07, 6.45) is 1.28. The van der Waals surface area contributed by atoms with E-state index in [-0.39, 0.29) is 5.91 Å². The molecule has 0 atom stereocenters. The zero-order valence-electron chi connectivity index (χ0n) is 19.0. The summed E-state index contributed by atoms with van der Waals surface area (Å²) < 4.78 is 12.0. The van der Waals surface area contributed by atoms with Gasteiger partial charge in [0, 0.05) is 19.2 Å². The summed E-state index contributed by atoms with van der Waals surface area (Å²) in [7, 11) is 3.46. The van der Waals surface area contributed by atoms with E-state index in [1.54, 1.807) is 12.0 Å². The van der Waals surface area contributed by atoms with E-state index in [1.807, 2.05) is 91.2 Å². The van der Waals surface area contributed by atoms with Crippen molar-refractivity contribution in [1.29, 1.82) is 0 Å². The molecular weight excluding hydrogens is 450 g/mol. The van der Waals surface area contributed by atoms with Gasteiger partial charge in [0.2, 0.25) is 0 Å². The van der Waals surface area contributed by atoms with Crippen molar-refractivity contribution in [2.24, 2.45) is 0 Å². The largest absolute Gasteiger partial charge is 0.493 e. The predicted molar refractivity (Wildman–Crippen MR) is 138 cm³/mol. The molecule has 0 unspecified atom stereocenters. The third-order valence-electron chi connectivity index (χ3n) is 5.49. The van der Waals surface area contributed by atoms with Crippen molar-refractivity contribution >= 4 is 29.4 Å². The van der Waals surface area contributed by atoms with Crippen molar-refractivity contribution in [3.63, 3.8) is 0 Å². The van der Waals surface area contributed by atoms with Gasteiger partial charge in [-0.05, 0) is 58.9 Å². The smallest absolute Gasteiger partial charge is 0.253 e. The molecule has 33 heavy (non-hydrogen) atoms. The summed E-state index contributed by atoms with van der Waals surface area (Å²) in [4.78, 5) is 14.7. The molecule has 1 aliphatic rings. The number of methoxy groups -OCH3 is 1. The maximum Gasteiger partial charge on any atom is 0.253 e. The monoisotopic (exact) mass is 479 g/mol. The Hall–Kier alpha value is -2.57. The highest BCUT2D eigenvalue weighted by atomic mass is 32.2. The maximum absolute atomic E-state index is 13.0. The Bertz CT molecular complexity index is 1050. The molecular formula is C27H29NO3S2. The van der Waals surface area contributed by atoms with E-state index in [1.165, 1.54) is 23.5 Å². The number of thioether (sulfide) groups is 2. The molecule has 1 saturated heterocycles. The summed E-state index contributed by atoms with van der Waals surface area (Å²) in [5.74, 6) is 3.78. The molecule has 0 saturated carbocycles. The highest BCUT2D eigenvalue weighted by molar-refractivity contribution is 8.16. The predicted octanol–water partition coefficient (Wildman–Crippen LogP) is 6.42. The van der Waals surface area contributed by atoms with Crippen LogP contribution < -0.4 is 9.47 Å². The first-order chi connectivity index (χ1) is 16.1. The van der Waals surface area contributed by atoms with Crippen LogP contribution in [0.3, 0.4) is 0 Å². The maximum atomic E-state index is 13.0. The lowest BCUT2D eigenvalue weighted by Gasteiger charge is -2.22. The van der Waals surface area contributed by atoms with Crippen LogP contribution in [-0.2, 0) is 13.2 Å². The lowest BCUT2D eigenvalue weighted by molar-refractivity contribution is 0.0785. The van der Waals surface area contributed by atoms with Crippen LogP contribution in [0.5, 0.6) is 11.5 Å². The Morgan fingerprint density at radius 1 is 0.939 bits per heavy atom. The van der Waals surface area contributed by atoms with Crippen LogP contribution in [0.2, 0.25) is 0 Å². The first-order valence-corrected chi connectivity index (χ1v) is 13.2. The summed E-state index contributed by atoms with van der Waals surface area (Å²) in [5.41, 5.74) is 4.09. The van der Waals surface area contributed by atoms with Crippen LogP contribution in [0.25, 0.3) is 0 Å². The molecule has 4 rings (SSSR count). The van der Waals surface area contributed by atoms with E-state index in [0.29, 0.717) is 34.8 Å². The summed E-state index contributed by atoms with van der Waals surface area (Å²) in [5, 5.41) is 0. The van der Waals surface area contributed by atoms with Crippen LogP contribution in [0.1, 0.15) is 38.1 Å². The minimum Gasteiger partial charge on any atom is -0.493 e. The highest BCUT2D eigenvalue weighted by Crippen LogP contribution is 2.43. The number of nitrogens with zero attached hydrogens (tertiary/aromatic N) is 1. The molecule has 0 aromatic heterocycles. The van der Waals surface area contributed by atoms with Gasteiger partial charge >= 0.3 is 0 Å². The fourth-order valence-electron chi connectivity index (χ4n) is 3.69. The number of rotatable bonds is 8. The number of carbonyl (C=O) groups is 1. The van der Waals surface area contributed by atoms with Gasteiger partial charge in [0.25, 0.3) is 5.91 Å². The molecule has 4 nitrogen and oxygen atoms in total. The number of hydrogen-bond acceptors (Lipinski definition) is 5. The SMILES string of the molecule is COc1cc(CN(C)C(=O)c2ccc(C3SCCCS3)cc2)ccc1OCc1ccccc1. The Morgan fingerprint density at radius 2 is 1.67 bits per heavy atom. The first kappa shape index (κ1) is 23.6. The number of ether oxygens (including phenoxy) is 2. The van der Waals surface area contributed by atoms with Crippen LogP contribution in [0, 0.1) is 0 Å². The van der Waals surface area contributed by atoms with Crippen molar-refractivity contribution in [1.82, 2.24) is 4.90 Å². The molecule has 0 N–H and O–H groups in total. The van der Waals surface area contributed by atoms with Crippen molar-refractivity contribution in [3.8, 4) is 11.5 Å². The number of hydrogen-bond donors (Lipinski definition) is 0. The number of benzene rings is 3. The molecule has 1 heterocycles. The number of amides is 1. The van der Waals surface area contributed by atoms with Gasteiger partial charge in [-0.2, -0.15) is 0 Å². The standard InChI is InChI=1S/C27H29NO3S2/c1-28(26(29)22-10-12-23(13-11-22)27-32-15-6-16-33-27)18-21-9-14-24(25(17-21)30-2)31-19-20-7-4-3-5-8-20/h3-5,7-14,17,27H,6,15-16,18-19H2,1-2H3. The molecule has 1 fully saturated rings. The first-order valence-electron chi connectivity index (χ1n) is 11.1. The summed E-state index contributed by atoms with van der Waals surface area (Å²) in [6.45, 7) is 0.965. The topological polar surface area (TPSA) is 38.8 Å². The second kappa shape index (κ2) is 11.5. The second-order valence-electron chi connectivity index (χ2n) is 7.97. The van der Waals surface area contributed by atoms with Crippen LogP contribution in [-0.4, -0.2) is 36.5 Å². The summed E-state index contributed by atoms with van der Waals surface area (Å²) >= 11 is 3.98. The third-order valence-corrected chi connectivity index (χ3v) is 8.50. The Labute approximate surface area is 204 Å². The van der Waals surface area contributed by atoms with Gasteiger partial charge in [0.15, 0.2) is 11.5 Å². The Morgan fingerprint density at radius 3 is 2.36 bits per heavy atom. The van der Waals surface area contributed by atoms with Gasteiger partial charge < -0.3 is 14.4 Å². The van der Waals surface area contributed by atoms with E-state index < -0.39 is 0 Å². The molecule has 1 amide bonds. The Balaban J connectivity index is 1.37. The van der Waals surface area contributed by atoms with E-state index in [9.17, 15) is 4.79 Å². The quantitative estimate of drug-likeness (QED) is 0.373. The van der Waals surface area contributed by atoms with E-state index in [0.717, 1.165) is 11.1 Å². The van der Waals surface area contributed by atoms with E-state index >= 15 is 0 Å². The minimum absolute atomic E-state index is 0.00821. The Kier molecular flexibility index (Phi) is 8.24. The van der Waals surface area contributed by atoms with Gasteiger partial charge in [0.1, 0.15) is 6.61 Å². The van der Waals surface area contributed by atoms with Crippen molar-refractivity contribution < 1.29 is 14.3 Å². The molecule has 3 aromatic rings. The lowest BCUT2D eigenvalue weighted by atomic mass is 10.1. The molecule has 0 spiro atoms. The van der Waals surface area contributed by atoms with Crippen LogP contribution in [0.15, 0.2) is 72.8 Å². The molecule has 0 radical (unpaired) electrons. The zero-order valence-corrected chi connectivity index (χ0v) is 20.7. The fourth-order valence-corrected chi connectivity index (χ4v) is 6.59. The molecule has 172 valence electrons. The summed E-state index contributed by atoms with van der Waals surface area (Å²) in [6, 6.07) is 23.9. The molecule has 3 aromatic carbocycles. The van der Waals surface area contributed by atoms with Gasteiger partial charge in [-0.3, -0.25) is 4.79 Å². The van der Waals surface area contributed by atoms with Crippen molar-refractivity contribution in [2.45, 2.75) is 24.2 Å². The highest BCUT2D eigenvalue weighted by Gasteiger charge is 2.18. The van der Waals surface area contributed by atoms with Crippen molar-refractivity contribution in [3.05, 3.63) is 95.1 Å². The van der Waals surface area contributed by atoms with Gasteiger partial charge in [-0.15, -0.1) is 23.5 Å². The van der Waals surface area contributed by atoms with Crippen LogP contribution >= 0.6 is 23.5 Å². The minimum atomic E-state index is 0.00821. The van der Waals surface area contributed by atoms with Crippen molar-refractivity contribution in [2.75, 3.05) is 25.7 Å². The molecule has 1 aliphatic heterocycles. The van der Waals surface area contributed by atoms with E-state index in [2.05, 4.69) is 12.1 Å². The molecule has 0 bridgehead atoms. The number of carbonyl (C=O) groups excluding carboxylic acids is 1. The van der Waals surface area contributed by atoms with E-state index in [4.69, 9.17) is 9.47 Å². The van der Waals surface area contributed by atoms with Gasteiger partial charge in [-0.1, -0.05) is 48.5 Å². The second-order valence-corrected chi connectivity index (χ2v) is 10.7.